The second-order valence-corrected chi connectivity index (χ2v) is 4.59. The molecule has 0 aromatic heterocycles. The number of thioether (sulfide) groups is 1. The number of nitrogens with one attached hydrogen (secondary N) is 1. The maximum absolute atomic E-state index is 11.9. The summed E-state index contributed by atoms with van der Waals surface area (Å²) in [5, 5.41) is 11.5. The molecule has 0 saturated heterocycles. The Morgan fingerprint density at radius 3 is 2.76 bits per heavy atom. The number of benzene rings is 1. The molecule has 0 aliphatic carbocycles. The van der Waals surface area contributed by atoms with Crippen LogP contribution >= 0.6 is 11.8 Å². The molecule has 0 spiro atoms. The molecule has 94 valence electrons. The second-order valence-electron chi connectivity index (χ2n) is 3.74. The minimum absolute atomic E-state index is 0.0149. The molecule has 0 aliphatic heterocycles. The molecule has 0 heterocycles. The lowest BCUT2D eigenvalue weighted by Gasteiger charge is -2.08. The smallest absolute Gasteiger partial charge is 0.252 e. The Labute approximate surface area is 107 Å². The number of unbranched alkanes of at least 4 members (excludes halogenated alkanes) is 2. The van der Waals surface area contributed by atoms with E-state index in [1.807, 2.05) is 30.5 Å². The van der Waals surface area contributed by atoms with Crippen LogP contribution in [0.15, 0.2) is 29.2 Å². The van der Waals surface area contributed by atoms with Crippen LogP contribution < -0.4 is 5.32 Å². The van der Waals surface area contributed by atoms with E-state index in [-0.39, 0.29) is 12.5 Å². The molecule has 0 radical (unpaired) electrons. The van der Waals surface area contributed by atoms with Gasteiger partial charge in [-0.05, 0) is 37.7 Å². The molecule has 2 N–H and O–H groups in total. The summed E-state index contributed by atoms with van der Waals surface area (Å²) in [6.07, 6.45) is 4.62. The molecule has 1 aromatic rings. The van der Waals surface area contributed by atoms with E-state index in [1.54, 1.807) is 11.8 Å². The fourth-order valence-electron chi connectivity index (χ4n) is 1.54. The summed E-state index contributed by atoms with van der Waals surface area (Å²) in [4.78, 5) is 12.9. The summed E-state index contributed by atoms with van der Waals surface area (Å²) in [6, 6.07) is 7.60. The third-order valence-electron chi connectivity index (χ3n) is 2.47. The van der Waals surface area contributed by atoms with Crippen LogP contribution in [-0.4, -0.2) is 30.4 Å². The number of carbonyl (C=O) groups is 1. The second kappa shape index (κ2) is 8.14. The van der Waals surface area contributed by atoms with E-state index in [1.165, 1.54) is 0 Å². The molecule has 0 bridgehead atoms. The lowest BCUT2D eigenvalue weighted by molar-refractivity contribution is 0.0950. The number of hydrogen-bond acceptors (Lipinski definition) is 3. The molecule has 1 rings (SSSR count). The third kappa shape index (κ3) is 4.79. The van der Waals surface area contributed by atoms with Crippen molar-refractivity contribution < 1.29 is 9.90 Å². The SMILES string of the molecule is CSc1ccccc1C(=O)NCCCCCO. The first kappa shape index (κ1) is 14.1. The average Bonchev–Trinajstić information content (AvgIpc) is 2.38. The third-order valence-corrected chi connectivity index (χ3v) is 3.27. The van der Waals surface area contributed by atoms with Crippen LogP contribution in [0.1, 0.15) is 29.6 Å². The zero-order chi connectivity index (χ0) is 12.5. The molecular formula is C13H19NO2S. The predicted molar refractivity (Wildman–Crippen MR) is 71.5 cm³/mol. The Hall–Kier alpha value is -1.00. The highest BCUT2D eigenvalue weighted by Gasteiger charge is 2.08. The van der Waals surface area contributed by atoms with Crippen molar-refractivity contribution in [2.75, 3.05) is 19.4 Å². The Balaban J connectivity index is 2.41. The molecule has 0 atom stereocenters. The molecule has 0 unspecified atom stereocenters. The Kier molecular flexibility index (Phi) is 6.74. The number of rotatable bonds is 7. The molecular weight excluding hydrogens is 234 g/mol. The van der Waals surface area contributed by atoms with Crippen LogP contribution in [0.4, 0.5) is 0 Å². The van der Waals surface area contributed by atoms with Gasteiger partial charge < -0.3 is 10.4 Å². The van der Waals surface area contributed by atoms with Gasteiger partial charge in [0, 0.05) is 18.0 Å². The zero-order valence-corrected chi connectivity index (χ0v) is 10.9. The molecule has 0 fully saturated rings. The van der Waals surface area contributed by atoms with Gasteiger partial charge in [-0.15, -0.1) is 11.8 Å². The molecule has 0 aliphatic rings. The van der Waals surface area contributed by atoms with Crippen molar-refractivity contribution in [3.63, 3.8) is 0 Å². The largest absolute Gasteiger partial charge is 0.396 e. The van der Waals surface area contributed by atoms with Gasteiger partial charge in [0.15, 0.2) is 0 Å². The summed E-state index contributed by atoms with van der Waals surface area (Å²) >= 11 is 1.58. The van der Waals surface area contributed by atoms with E-state index in [0.29, 0.717) is 6.54 Å². The van der Waals surface area contributed by atoms with Crippen LogP contribution in [0.5, 0.6) is 0 Å². The lowest BCUT2D eigenvalue weighted by Crippen LogP contribution is -2.24. The summed E-state index contributed by atoms with van der Waals surface area (Å²) in [7, 11) is 0. The summed E-state index contributed by atoms with van der Waals surface area (Å²) < 4.78 is 0. The predicted octanol–water partition coefficient (Wildman–Crippen LogP) is 2.30. The molecule has 0 saturated carbocycles. The fourth-order valence-corrected chi connectivity index (χ4v) is 2.14. The van der Waals surface area contributed by atoms with Crippen molar-refractivity contribution in [1.29, 1.82) is 0 Å². The molecule has 1 aromatic carbocycles. The average molecular weight is 253 g/mol. The van der Waals surface area contributed by atoms with Crippen LogP contribution in [-0.2, 0) is 0 Å². The van der Waals surface area contributed by atoms with Crippen molar-refractivity contribution in [3.8, 4) is 0 Å². The van der Waals surface area contributed by atoms with Crippen molar-refractivity contribution in [1.82, 2.24) is 5.32 Å². The van der Waals surface area contributed by atoms with Gasteiger partial charge in [0.2, 0.25) is 0 Å². The van der Waals surface area contributed by atoms with E-state index in [4.69, 9.17) is 5.11 Å². The van der Waals surface area contributed by atoms with Crippen molar-refractivity contribution in [2.45, 2.75) is 24.2 Å². The number of carbonyl (C=O) groups excluding carboxylic acids is 1. The molecule has 3 nitrogen and oxygen atoms in total. The van der Waals surface area contributed by atoms with Crippen molar-refractivity contribution >= 4 is 17.7 Å². The van der Waals surface area contributed by atoms with Gasteiger partial charge in [-0.3, -0.25) is 4.79 Å². The maximum Gasteiger partial charge on any atom is 0.252 e. The first-order valence-electron chi connectivity index (χ1n) is 5.81. The normalized spacial score (nSPS) is 10.2. The Bertz CT molecular complexity index is 355. The van der Waals surface area contributed by atoms with Crippen molar-refractivity contribution in [2.24, 2.45) is 0 Å². The quantitative estimate of drug-likeness (QED) is 0.579. The minimum atomic E-state index is -0.0149. The van der Waals surface area contributed by atoms with Crippen LogP contribution in [0.3, 0.4) is 0 Å². The first-order valence-corrected chi connectivity index (χ1v) is 7.04. The minimum Gasteiger partial charge on any atom is -0.396 e. The Morgan fingerprint density at radius 2 is 2.06 bits per heavy atom. The molecule has 1 amide bonds. The van der Waals surface area contributed by atoms with Gasteiger partial charge in [0.25, 0.3) is 5.91 Å². The summed E-state index contributed by atoms with van der Waals surface area (Å²) in [6.45, 7) is 0.894. The van der Waals surface area contributed by atoms with E-state index in [2.05, 4.69) is 5.32 Å². The number of aliphatic hydroxyl groups excluding tert-OH is 1. The highest BCUT2D eigenvalue weighted by atomic mass is 32.2. The monoisotopic (exact) mass is 253 g/mol. The number of hydrogen-bond donors (Lipinski definition) is 2. The van der Waals surface area contributed by atoms with E-state index in [9.17, 15) is 4.79 Å². The maximum atomic E-state index is 11.9. The first-order chi connectivity index (χ1) is 8.29. The fraction of sp³-hybridized carbons (Fsp3) is 0.462. The number of amides is 1. The van der Waals surface area contributed by atoms with Gasteiger partial charge in [-0.1, -0.05) is 12.1 Å². The van der Waals surface area contributed by atoms with Gasteiger partial charge in [-0.25, -0.2) is 0 Å². The van der Waals surface area contributed by atoms with E-state index in [0.717, 1.165) is 29.7 Å². The lowest BCUT2D eigenvalue weighted by atomic mass is 10.2. The highest BCUT2D eigenvalue weighted by molar-refractivity contribution is 7.98. The van der Waals surface area contributed by atoms with Gasteiger partial charge in [-0.2, -0.15) is 0 Å². The zero-order valence-electron chi connectivity index (χ0n) is 10.1. The highest BCUT2D eigenvalue weighted by Crippen LogP contribution is 2.19. The van der Waals surface area contributed by atoms with Crippen molar-refractivity contribution in [3.05, 3.63) is 29.8 Å². The van der Waals surface area contributed by atoms with E-state index < -0.39 is 0 Å². The van der Waals surface area contributed by atoms with Crippen LogP contribution in [0.2, 0.25) is 0 Å². The molecule has 17 heavy (non-hydrogen) atoms. The van der Waals surface area contributed by atoms with Gasteiger partial charge >= 0.3 is 0 Å². The number of aliphatic hydroxyl groups is 1. The Morgan fingerprint density at radius 1 is 1.29 bits per heavy atom. The topological polar surface area (TPSA) is 49.3 Å². The van der Waals surface area contributed by atoms with Gasteiger partial charge in [0.1, 0.15) is 0 Å². The molecule has 4 heteroatoms. The van der Waals surface area contributed by atoms with E-state index >= 15 is 0 Å². The summed E-state index contributed by atoms with van der Waals surface area (Å²) in [5.74, 6) is -0.0149. The van der Waals surface area contributed by atoms with Crippen LogP contribution in [0.25, 0.3) is 0 Å². The van der Waals surface area contributed by atoms with Crippen LogP contribution in [0, 0.1) is 0 Å². The summed E-state index contributed by atoms with van der Waals surface area (Å²) in [5.41, 5.74) is 0.738. The standard InChI is InChI=1S/C13H19NO2S/c1-17-12-8-4-3-7-11(12)13(16)14-9-5-2-6-10-15/h3-4,7-8,15H,2,5-6,9-10H2,1H3,(H,14,16). The van der Waals surface area contributed by atoms with Gasteiger partial charge in [0.05, 0.1) is 5.56 Å².